The van der Waals surface area contributed by atoms with Crippen LogP contribution in [-0.2, 0) is 38.6 Å². The van der Waals surface area contributed by atoms with Gasteiger partial charge in [-0.05, 0) is 86.7 Å². The van der Waals surface area contributed by atoms with E-state index in [1.165, 1.54) is 17.5 Å². The third kappa shape index (κ3) is 9.83. The molecule has 0 aromatic heterocycles. The molecule has 0 bridgehead atoms. The number of likely N-dealkylation sites (N-methyl/N-ethyl adjacent to an activating group) is 2. The van der Waals surface area contributed by atoms with E-state index in [4.69, 9.17) is 23.7 Å². The van der Waals surface area contributed by atoms with Gasteiger partial charge in [-0.25, -0.2) is 8.42 Å². The van der Waals surface area contributed by atoms with Gasteiger partial charge in [0, 0.05) is 64.4 Å². The van der Waals surface area contributed by atoms with Crippen molar-refractivity contribution in [2.75, 3.05) is 74.6 Å². The van der Waals surface area contributed by atoms with Gasteiger partial charge in [0.15, 0.2) is 12.1 Å². The molecule has 1 aromatic carbocycles. The smallest absolute Gasteiger partial charge is 0.319 e. The Balaban J connectivity index is 1.58. The molecule has 0 unspecified atom stereocenters. The minimum atomic E-state index is -3.71. The van der Waals surface area contributed by atoms with Gasteiger partial charge in [-0.1, -0.05) is 19.9 Å². The van der Waals surface area contributed by atoms with Gasteiger partial charge in [0.2, 0.25) is 10.0 Å². The van der Waals surface area contributed by atoms with Crippen molar-refractivity contribution >= 4 is 21.8 Å². The van der Waals surface area contributed by atoms with Crippen LogP contribution in [0.4, 0.5) is 0 Å². The molecule has 308 valence electrons. The van der Waals surface area contributed by atoms with Crippen molar-refractivity contribution in [1.29, 1.82) is 0 Å². The highest BCUT2D eigenvalue weighted by atomic mass is 32.2. The molecule has 14 nitrogen and oxygen atoms in total. The summed E-state index contributed by atoms with van der Waals surface area (Å²) in [5.74, 6) is -1.32. The molecule has 4 rings (SSSR count). The summed E-state index contributed by atoms with van der Waals surface area (Å²) in [5, 5.41) is 11.4. The molecule has 3 heterocycles. The lowest BCUT2D eigenvalue weighted by atomic mass is 9.74. The highest BCUT2D eigenvalue weighted by Gasteiger charge is 2.52. The quantitative estimate of drug-likeness (QED) is 0.290. The van der Waals surface area contributed by atoms with E-state index in [-0.39, 0.29) is 34.8 Å². The zero-order chi connectivity index (χ0) is 40.3. The summed E-state index contributed by atoms with van der Waals surface area (Å²) in [6, 6.07) is 6.01. The third-order valence-corrected chi connectivity index (χ3v) is 13.7. The molecule has 0 radical (unpaired) electrons. The van der Waals surface area contributed by atoms with E-state index in [2.05, 4.69) is 16.7 Å². The molecule has 3 aliphatic rings. The number of nitrogens with zero attached hydrogens (tertiary/aromatic N) is 4. The number of aliphatic hydroxyl groups is 1. The van der Waals surface area contributed by atoms with Crippen LogP contribution < -0.4 is 4.74 Å². The van der Waals surface area contributed by atoms with Crippen LogP contribution in [0.15, 0.2) is 29.2 Å². The van der Waals surface area contributed by atoms with Crippen LogP contribution in [0, 0.1) is 17.3 Å². The number of Topliss-reactive ketones (excluding diaryl/α,β-unsaturated/α-hetero) is 1. The molecule has 0 amide bonds. The molecule has 3 fully saturated rings. The van der Waals surface area contributed by atoms with Crippen molar-refractivity contribution in [3.63, 3.8) is 0 Å². The van der Waals surface area contributed by atoms with E-state index >= 15 is 0 Å². The second kappa shape index (κ2) is 17.9. The normalized spacial score (nSPS) is 35.9. The van der Waals surface area contributed by atoms with E-state index in [9.17, 15) is 23.1 Å². The topological polar surface area (TPSA) is 148 Å². The zero-order valence-corrected chi connectivity index (χ0v) is 35.3. The van der Waals surface area contributed by atoms with E-state index in [1.807, 2.05) is 46.8 Å². The number of carbonyl (C=O) groups is 2. The maximum atomic E-state index is 14.4. The number of hydrogen-bond donors (Lipinski definition) is 1. The first-order valence-electron chi connectivity index (χ1n) is 19.2. The maximum absolute atomic E-state index is 14.4. The number of ketones is 1. The molecule has 10 atom stereocenters. The summed E-state index contributed by atoms with van der Waals surface area (Å²) < 4.78 is 58.9. The molecule has 1 aromatic rings. The second-order valence-corrected chi connectivity index (χ2v) is 18.7. The molecule has 1 N–H and O–H groups in total. The Hall–Kier alpha value is -2.21. The summed E-state index contributed by atoms with van der Waals surface area (Å²) in [6.45, 7) is 15.5. The number of carbonyl (C=O) groups excluding carboxylic acids is 2. The Morgan fingerprint density at radius 1 is 1.02 bits per heavy atom. The highest BCUT2D eigenvalue weighted by Crippen LogP contribution is 2.38. The summed E-state index contributed by atoms with van der Waals surface area (Å²) in [4.78, 5) is 34.9. The van der Waals surface area contributed by atoms with Crippen molar-refractivity contribution in [3.05, 3.63) is 24.3 Å². The molecule has 3 aliphatic heterocycles. The van der Waals surface area contributed by atoms with E-state index in [0.29, 0.717) is 57.9 Å². The Kier molecular flexibility index (Phi) is 14.8. The van der Waals surface area contributed by atoms with Gasteiger partial charge in [-0.15, -0.1) is 0 Å². The number of piperazine rings is 1. The number of cyclic esters (lactones) is 1. The Bertz CT molecular complexity index is 1540. The number of hydrogen-bond acceptors (Lipinski definition) is 13. The van der Waals surface area contributed by atoms with Crippen molar-refractivity contribution in [3.8, 4) is 5.75 Å². The van der Waals surface area contributed by atoms with Gasteiger partial charge in [-0.3, -0.25) is 19.4 Å². The van der Waals surface area contributed by atoms with Gasteiger partial charge >= 0.3 is 5.97 Å². The summed E-state index contributed by atoms with van der Waals surface area (Å²) in [6.07, 6.45) is -2.53. The molecule has 54 heavy (non-hydrogen) atoms. The first-order chi connectivity index (χ1) is 25.2. The van der Waals surface area contributed by atoms with Crippen molar-refractivity contribution in [2.24, 2.45) is 17.3 Å². The second-order valence-electron chi connectivity index (χ2n) is 16.7. The van der Waals surface area contributed by atoms with E-state index in [0.717, 1.165) is 0 Å². The minimum Gasteiger partial charge on any atom is -0.497 e. The maximum Gasteiger partial charge on any atom is 0.319 e. The molecule has 15 heteroatoms. The Labute approximate surface area is 323 Å². The van der Waals surface area contributed by atoms with Gasteiger partial charge in [-0.2, -0.15) is 4.31 Å². The first-order valence-corrected chi connectivity index (χ1v) is 20.6. The first kappa shape index (κ1) is 44.5. The molecule has 0 aliphatic carbocycles. The van der Waals surface area contributed by atoms with Gasteiger partial charge in [0.1, 0.15) is 23.4 Å². The molecule has 3 saturated heterocycles. The number of esters is 1. The van der Waals surface area contributed by atoms with Crippen molar-refractivity contribution in [1.82, 2.24) is 19.0 Å². The number of rotatable bonds is 9. The fourth-order valence-corrected chi connectivity index (χ4v) is 9.92. The number of sulfonamides is 1. The lowest BCUT2D eigenvalue weighted by Crippen LogP contribution is -2.59. The largest absolute Gasteiger partial charge is 0.497 e. The summed E-state index contributed by atoms with van der Waals surface area (Å²) in [7, 11) is 5.21. The number of methoxy groups -OCH3 is 2. The van der Waals surface area contributed by atoms with Crippen LogP contribution in [0.2, 0.25) is 0 Å². The van der Waals surface area contributed by atoms with Gasteiger partial charge < -0.3 is 33.7 Å². The molecular weight excluding hydrogens is 717 g/mol. The monoisotopic (exact) mass is 782 g/mol. The van der Waals surface area contributed by atoms with E-state index in [1.54, 1.807) is 46.1 Å². The average molecular weight is 783 g/mol. The minimum absolute atomic E-state index is 0.0306. The molecule has 0 spiro atoms. The van der Waals surface area contributed by atoms with Crippen LogP contribution in [0.5, 0.6) is 5.75 Å². The average Bonchev–Trinajstić information content (AvgIpc) is 3.12. The van der Waals surface area contributed by atoms with Gasteiger partial charge in [0.25, 0.3) is 0 Å². The Morgan fingerprint density at radius 3 is 2.26 bits per heavy atom. The van der Waals surface area contributed by atoms with Crippen LogP contribution >= 0.6 is 0 Å². The van der Waals surface area contributed by atoms with Crippen LogP contribution in [0.25, 0.3) is 0 Å². The van der Waals surface area contributed by atoms with Crippen LogP contribution in [-0.4, -0.2) is 167 Å². The highest BCUT2D eigenvalue weighted by molar-refractivity contribution is 7.89. The number of benzene rings is 1. The third-order valence-electron chi connectivity index (χ3n) is 11.8. The lowest BCUT2D eigenvalue weighted by Gasteiger charge is -2.47. The fourth-order valence-electron chi connectivity index (χ4n) is 8.46. The van der Waals surface area contributed by atoms with Crippen LogP contribution in [0.1, 0.15) is 61.3 Å². The predicted octanol–water partition coefficient (Wildman–Crippen LogP) is 2.72. The van der Waals surface area contributed by atoms with E-state index < -0.39 is 57.5 Å². The predicted molar refractivity (Wildman–Crippen MR) is 205 cm³/mol. The zero-order valence-electron chi connectivity index (χ0n) is 34.5. The molecule has 0 saturated carbocycles. The van der Waals surface area contributed by atoms with Crippen molar-refractivity contribution < 1.29 is 46.8 Å². The van der Waals surface area contributed by atoms with Gasteiger partial charge in [0.05, 0.1) is 35.9 Å². The lowest BCUT2D eigenvalue weighted by molar-refractivity contribution is -0.295. The number of ether oxygens (including phenoxy) is 5. The SMILES string of the molecule is COc1cccc(S(=O)(=O)N2CCN(C[C@H]3[C@H](C)OC(=O)C(C)(C)C(=O)[C@H](C)[C@@H](O[C@@H]4O[C@H](C)C[C@H](N(C)C)[C@H]4O)[C@](C)(OC)C[C@@H](C)CN3C)CC2)c1. The standard InChI is InChI=1S/C39H66N4O10S/c1-25-22-39(7,50-12)35(53-36-33(44)31(40(8)9)20-26(2)51-36)27(3)34(45)38(5,6)37(46)52-28(4)32(41(10)23-25)24-42-16-18-43(19-17-42)54(47,48)30-15-13-14-29(21-30)49-11/h13-15,21,25-28,31-33,35-36,44H,16-20,22-24H2,1-12H3/t25-,26-,27+,28+,31+,32+,33-,35-,36+,39-/m1/s1. The van der Waals surface area contributed by atoms with Crippen LogP contribution in [0.3, 0.4) is 0 Å². The molecular formula is C39H66N4O10S. The number of aliphatic hydroxyl groups excluding tert-OH is 1. The summed E-state index contributed by atoms with van der Waals surface area (Å²) in [5.41, 5.74) is -2.54. The summed E-state index contributed by atoms with van der Waals surface area (Å²) >= 11 is 0. The Morgan fingerprint density at radius 2 is 1.67 bits per heavy atom. The van der Waals surface area contributed by atoms with Crippen molar-refractivity contribution in [2.45, 2.75) is 115 Å². The fraction of sp³-hybridized carbons (Fsp3) is 0.795.